The lowest BCUT2D eigenvalue weighted by molar-refractivity contribution is -0.384. The van der Waals surface area contributed by atoms with Crippen molar-refractivity contribution < 1.29 is 14.5 Å². The number of carbonyl (C=O) groups is 1. The molecule has 0 N–H and O–H groups in total. The summed E-state index contributed by atoms with van der Waals surface area (Å²) in [5, 5.41) is 19.4. The van der Waals surface area contributed by atoms with E-state index in [1.165, 1.54) is 30.1 Å². The van der Waals surface area contributed by atoms with Gasteiger partial charge >= 0.3 is 0 Å². The van der Waals surface area contributed by atoms with E-state index < -0.39 is 4.92 Å². The molecule has 1 fully saturated rings. The van der Waals surface area contributed by atoms with Crippen LogP contribution < -0.4 is 4.74 Å². The number of nitro groups is 1. The summed E-state index contributed by atoms with van der Waals surface area (Å²) in [7, 11) is 0. The number of thioether (sulfide) groups is 1. The van der Waals surface area contributed by atoms with Crippen LogP contribution in [0.5, 0.6) is 5.75 Å². The van der Waals surface area contributed by atoms with E-state index in [0.717, 1.165) is 11.3 Å². The first-order chi connectivity index (χ1) is 13.6. The highest BCUT2D eigenvalue weighted by atomic mass is 32.2. The molecule has 0 unspecified atom stereocenters. The van der Waals surface area contributed by atoms with Crippen molar-refractivity contribution in [3.8, 4) is 5.75 Å². The van der Waals surface area contributed by atoms with Crippen LogP contribution >= 0.6 is 11.8 Å². The summed E-state index contributed by atoms with van der Waals surface area (Å²) in [6.07, 6.45) is 1.43. The van der Waals surface area contributed by atoms with Crippen LogP contribution in [0.2, 0.25) is 0 Å². The maximum absolute atomic E-state index is 12.2. The molecule has 144 valence electrons. The van der Waals surface area contributed by atoms with E-state index in [0.29, 0.717) is 29.6 Å². The SMILES string of the molecule is CCOc1ccc(CN2C(=O)CSC2=NN=Cc2cccc([N+](=O)[O-])c2)cc1. The lowest BCUT2D eigenvalue weighted by Crippen LogP contribution is -2.28. The minimum atomic E-state index is -0.465. The summed E-state index contributed by atoms with van der Waals surface area (Å²) in [5.41, 5.74) is 1.50. The monoisotopic (exact) mass is 398 g/mol. The van der Waals surface area contributed by atoms with Gasteiger partial charge < -0.3 is 4.74 Å². The van der Waals surface area contributed by atoms with E-state index in [4.69, 9.17) is 4.74 Å². The van der Waals surface area contributed by atoms with Gasteiger partial charge in [-0.2, -0.15) is 5.10 Å². The van der Waals surface area contributed by atoms with Crippen LogP contribution in [0.25, 0.3) is 0 Å². The van der Waals surface area contributed by atoms with E-state index >= 15 is 0 Å². The third-order valence-electron chi connectivity index (χ3n) is 3.86. The highest BCUT2D eigenvalue weighted by Crippen LogP contribution is 2.23. The number of amidine groups is 1. The fourth-order valence-electron chi connectivity index (χ4n) is 2.53. The second-order valence-corrected chi connectivity index (χ2v) is 6.77. The van der Waals surface area contributed by atoms with Gasteiger partial charge in [-0.25, -0.2) is 0 Å². The zero-order valence-corrected chi connectivity index (χ0v) is 16.0. The van der Waals surface area contributed by atoms with Crippen molar-refractivity contribution in [3.05, 3.63) is 69.8 Å². The Morgan fingerprint density at radius 2 is 2.07 bits per heavy atom. The molecule has 0 bridgehead atoms. The van der Waals surface area contributed by atoms with Crippen molar-refractivity contribution >= 4 is 34.7 Å². The van der Waals surface area contributed by atoms with Gasteiger partial charge in [0.1, 0.15) is 5.75 Å². The van der Waals surface area contributed by atoms with Crippen LogP contribution in [0.15, 0.2) is 58.7 Å². The Balaban J connectivity index is 1.70. The Labute approximate surface area is 166 Å². The number of non-ortho nitro benzene ring substituents is 1. The Morgan fingerprint density at radius 3 is 2.79 bits per heavy atom. The molecule has 3 rings (SSSR count). The fourth-order valence-corrected chi connectivity index (χ4v) is 3.37. The van der Waals surface area contributed by atoms with Gasteiger partial charge in [0.25, 0.3) is 5.69 Å². The number of carbonyl (C=O) groups excluding carboxylic acids is 1. The van der Waals surface area contributed by atoms with Gasteiger partial charge in [-0.05, 0) is 24.6 Å². The van der Waals surface area contributed by atoms with Gasteiger partial charge in [0.05, 0.1) is 30.0 Å². The molecule has 0 aromatic heterocycles. The van der Waals surface area contributed by atoms with Gasteiger partial charge in [-0.15, -0.1) is 5.10 Å². The highest BCUT2D eigenvalue weighted by Gasteiger charge is 2.28. The summed E-state index contributed by atoms with van der Waals surface area (Å²) in [6.45, 7) is 2.91. The molecular weight excluding hydrogens is 380 g/mol. The average molecular weight is 398 g/mol. The smallest absolute Gasteiger partial charge is 0.270 e. The van der Waals surface area contributed by atoms with Crippen LogP contribution in [0.1, 0.15) is 18.1 Å². The molecule has 28 heavy (non-hydrogen) atoms. The van der Waals surface area contributed by atoms with Crippen LogP contribution in [0, 0.1) is 10.1 Å². The van der Waals surface area contributed by atoms with Crippen molar-refractivity contribution in [2.45, 2.75) is 13.5 Å². The molecule has 2 aromatic carbocycles. The highest BCUT2D eigenvalue weighted by molar-refractivity contribution is 8.15. The summed E-state index contributed by atoms with van der Waals surface area (Å²) in [4.78, 5) is 24.1. The summed E-state index contributed by atoms with van der Waals surface area (Å²) in [6, 6.07) is 13.6. The fraction of sp³-hybridized carbons (Fsp3) is 0.211. The van der Waals surface area contributed by atoms with E-state index in [9.17, 15) is 14.9 Å². The van der Waals surface area contributed by atoms with Crippen molar-refractivity contribution in [2.24, 2.45) is 10.2 Å². The van der Waals surface area contributed by atoms with Crippen LogP contribution in [-0.2, 0) is 11.3 Å². The minimum absolute atomic E-state index is 0.0147. The number of hydrogen-bond acceptors (Lipinski definition) is 7. The Kier molecular flexibility index (Phi) is 6.38. The molecule has 0 aliphatic carbocycles. The molecule has 1 heterocycles. The summed E-state index contributed by atoms with van der Waals surface area (Å²) < 4.78 is 5.42. The number of amides is 1. The molecule has 0 atom stereocenters. The maximum Gasteiger partial charge on any atom is 0.270 e. The molecule has 0 saturated carbocycles. The van der Waals surface area contributed by atoms with Crippen LogP contribution in [-0.4, -0.2) is 39.5 Å². The standard InChI is InChI=1S/C19H18N4O4S/c1-2-27-17-8-6-14(7-9-17)12-22-18(24)13-28-19(22)21-20-11-15-4-3-5-16(10-15)23(25)26/h3-11H,2,12-13H2,1H3. The molecule has 8 nitrogen and oxygen atoms in total. The number of nitrogens with zero attached hydrogens (tertiary/aromatic N) is 4. The molecule has 1 aliphatic heterocycles. The molecule has 9 heteroatoms. The third-order valence-corrected chi connectivity index (χ3v) is 4.81. The number of nitro benzene ring substituents is 1. The number of benzene rings is 2. The van der Waals surface area contributed by atoms with Gasteiger partial charge in [0.15, 0.2) is 5.17 Å². The van der Waals surface area contributed by atoms with Gasteiger partial charge in [-0.1, -0.05) is 36.0 Å². The first-order valence-corrected chi connectivity index (χ1v) is 9.55. The predicted molar refractivity (Wildman–Crippen MR) is 109 cm³/mol. The Hall–Kier alpha value is -3.20. The largest absolute Gasteiger partial charge is 0.494 e. The summed E-state index contributed by atoms with van der Waals surface area (Å²) in [5.74, 6) is 1.05. The molecule has 1 amide bonds. The van der Waals surface area contributed by atoms with E-state index in [1.807, 2.05) is 31.2 Å². The van der Waals surface area contributed by atoms with Crippen molar-refractivity contribution in [2.75, 3.05) is 12.4 Å². The normalized spacial score (nSPS) is 15.5. The maximum atomic E-state index is 12.2. The average Bonchev–Trinajstić information content (AvgIpc) is 3.03. The molecule has 1 aliphatic rings. The first-order valence-electron chi connectivity index (χ1n) is 8.57. The van der Waals surface area contributed by atoms with Crippen LogP contribution in [0.3, 0.4) is 0 Å². The molecular formula is C19H18N4O4S. The number of hydrogen-bond donors (Lipinski definition) is 0. The quantitative estimate of drug-likeness (QED) is 0.404. The van der Waals surface area contributed by atoms with Crippen molar-refractivity contribution in [3.63, 3.8) is 0 Å². The predicted octanol–water partition coefficient (Wildman–Crippen LogP) is 3.46. The van der Waals surface area contributed by atoms with E-state index in [1.54, 1.807) is 17.0 Å². The lowest BCUT2D eigenvalue weighted by atomic mass is 10.2. The van der Waals surface area contributed by atoms with Gasteiger partial charge in [0, 0.05) is 17.7 Å². The zero-order chi connectivity index (χ0) is 19.9. The molecule has 0 radical (unpaired) electrons. The van der Waals surface area contributed by atoms with Crippen LogP contribution in [0.4, 0.5) is 5.69 Å². The molecule has 0 spiro atoms. The number of ether oxygens (including phenoxy) is 1. The van der Waals surface area contributed by atoms with Crippen molar-refractivity contribution in [1.82, 2.24) is 4.90 Å². The van der Waals surface area contributed by atoms with Crippen molar-refractivity contribution in [1.29, 1.82) is 0 Å². The van der Waals surface area contributed by atoms with E-state index in [-0.39, 0.29) is 11.6 Å². The molecule has 2 aromatic rings. The van der Waals surface area contributed by atoms with Gasteiger partial charge in [0.2, 0.25) is 5.91 Å². The zero-order valence-electron chi connectivity index (χ0n) is 15.1. The van der Waals surface area contributed by atoms with E-state index in [2.05, 4.69) is 10.2 Å². The molecule has 1 saturated heterocycles. The second-order valence-electron chi connectivity index (χ2n) is 5.82. The second kappa shape index (κ2) is 9.14. The van der Waals surface area contributed by atoms with Gasteiger partial charge in [-0.3, -0.25) is 19.8 Å². The third kappa shape index (κ3) is 4.95. The Morgan fingerprint density at radius 1 is 1.29 bits per heavy atom. The Bertz CT molecular complexity index is 928. The first kappa shape index (κ1) is 19.6. The minimum Gasteiger partial charge on any atom is -0.494 e. The topological polar surface area (TPSA) is 97.4 Å². The number of rotatable bonds is 7. The lowest BCUT2D eigenvalue weighted by Gasteiger charge is -2.15. The summed E-state index contributed by atoms with van der Waals surface area (Å²) >= 11 is 1.31.